The minimum absolute atomic E-state index is 0.0525. The van der Waals surface area contributed by atoms with E-state index in [1.54, 1.807) is 12.1 Å². The van der Waals surface area contributed by atoms with Gasteiger partial charge in [-0.3, -0.25) is 4.79 Å². The number of rotatable bonds is 3. The highest BCUT2D eigenvalue weighted by Crippen LogP contribution is 2.32. The largest absolute Gasteiger partial charge is 0.469 e. The number of hydrogen-bond acceptors (Lipinski definition) is 2. The van der Waals surface area contributed by atoms with Gasteiger partial charge in [-0.25, -0.2) is 0 Å². The molecule has 1 aromatic rings. The second-order valence-electron chi connectivity index (χ2n) is 2.73. The van der Waals surface area contributed by atoms with Gasteiger partial charge >= 0.3 is 0 Å². The summed E-state index contributed by atoms with van der Waals surface area (Å²) in [4.78, 5) is 11.3. The Labute approximate surface area is 107 Å². The Kier molecular flexibility index (Phi) is 4.59. The van der Waals surface area contributed by atoms with Gasteiger partial charge in [0, 0.05) is 0 Å². The summed E-state index contributed by atoms with van der Waals surface area (Å²) >= 11 is 22.0. The second-order valence-corrected chi connectivity index (χ2v) is 5.53. The first kappa shape index (κ1) is 13.0. The van der Waals surface area contributed by atoms with Crippen LogP contribution in [0.25, 0.3) is 0 Å². The van der Waals surface area contributed by atoms with Crippen molar-refractivity contribution in [2.24, 2.45) is 0 Å². The lowest BCUT2D eigenvalue weighted by Gasteiger charge is -2.18. The molecule has 0 aliphatic rings. The minimum atomic E-state index is -1.74. The summed E-state index contributed by atoms with van der Waals surface area (Å²) in [5, 5.41) is 2.33. The normalized spacial score (nSPS) is 13.6. The van der Waals surface area contributed by atoms with E-state index in [2.05, 4.69) is 5.32 Å². The molecule has 3 nitrogen and oxygen atoms in total. The molecule has 0 saturated heterocycles. The lowest BCUT2D eigenvalue weighted by Crippen LogP contribution is -2.40. The zero-order chi connectivity index (χ0) is 11.5. The Morgan fingerprint density at radius 2 is 2.20 bits per heavy atom. The number of nitrogens with one attached hydrogen (secondary N) is 1. The van der Waals surface area contributed by atoms with Gasteiger partial charge in [-0.15, -0.1) is 0 Å². The smallest absolute Gasteiger partial charge is 0.228 e. The SMILES string of the molecule is O=C(Cc1ccco1)NC(Cl)C(Cl)(Cl)Cl. The lowest BCUT2D eigenvalue weighted by atomic mass is 10.3. The molecule has 84 valence electrons. The van der Waals surface area contributed by atoms with E-state index in [4.69, 9.17) is 50.8 Å². The highest BCUT2D eigenvalue weighted by molar-refractivity contribution is 6.70. The van der Waals surface area contributed by atoms with Crippen LogP contribution in [0.4, 0.5) is 0 Å². The molecule has 0 bridgehead atoms. The molecular weight excluding hydrogens is 284 g/mol. The number of carbonyl (C=O) groups excluding carboxylic acids is 1. The van der Waals surface area contributed by atoms with Gasteiger partial charge in [0.2, 0.25) is 9.70 Å². The molecule has 0 fully saturated rings. The average molecular weight is 291 g/mol. The number of amides is 1. The molecule has 1 amide bonds. The molecule has 1 atom stereocenters. The molecule has 15 heavy (non-hydrogen) atoms. The summed E-state index contributed by atoms with van der Waals surface area (Å²) < 4.78 is 3.23. The molecule has 0 radical (unpaired) electrons. The maximum Gasteiger partial charge on any atom is 0.228 e. The van der Waals surface area contributed by atoms with Crippen LogP contribution >= 0.6 is 46.4 Å². The van der Waals surface area contributed by atoms with Crippen LogP contribution < -0.4 is 5.32 Å². The second kappa shape index (κ2) is 5.30. The maximum absolute atomic E-state index is 11.3. The monoisotopic (exact) mass is 289 g/mol. The summed E-state index contributed by atoms with van der Waals surface area (Å²) in [6.07, 6.45) is 1.52. The van der Waals surface area contributed by atoms with Crippen molar-refractivity contribution in [3.63, 3.8) is 0 Å². The Balaban J connectivity index is 2.43. The van der Waals surface area contributed by atoms with Crippen LogP contribution in [0, 0.1) is 0 Å². The Hall–Kier alpha value is -0.0900. The molecule has 1 aromatic heterocycles. The van der Waals surface area contributed by atoms with E-state index in [-0.39, 0.29) is 12.3 Å². The van der Waals surface area contributed by atoms with Crippen molar-refractivity contribution in [2.45, 2.75) is 15.7 Å². The van der Waals surface area contributed by atoms with Crippen LogP contribution in [-0.2, 0) is 11.2 Å². The van der Waals surface area contributed by atoms with Crippen LogP contribution in [0.1, 0.15) is 5.76 Å². The molecule has 1 N–H and O–H groups in total. The number of alkyl halides is 4. The van der Waals surface area contributed by atoms with Crippen LogP contribution in [0.3, 0.4) is 0 Å². The van der Waals surface area contributed by atoms with Gasteiger partial charge in [0.25, 0.3) is 0 Å². The van der Waals surface area contributed by atoms with E-state index < -0.39 is 9.29 Å². The summed E-state index contributed by atoms with van der Waals surface area (Å²) in [6.45, 7) is 0. The van der Waals surface area contributed by atoms with Crippen molar-refractivity contribution in [3.05, 3.63) is 24.2 Å². The van der Waals surface area contributed by atoms with Gasteiger partial charge in [-0.1, -0.05) is 46.4 Å². The summed E-state index contributed by atoms with van der Waals surface area (Å²) in [6, 6.07) is 3.34. The van der Waals surface area contributed by atoms with E-state index in [1.807, 2.05) is 0 Å². The third kappa shape index (κ3) is 4.51. The number of furan rings is 1. The van der Waals surface area contributed by atoms with Crippen molar-refractivity contribution >= 4 is 52.3 Å². The molecule has 1 unspecified atom stereocenters. The summed E-state index contributed by atoms with van der Waals surface area (Å²) in [7, 11) is 0. The van der Waals surface area contributed by atoms with Crippen LogP contribution in [0.2, 0.25) is 0 Å². The van der Waals surface area contributed by atoms with Crippen molar-refractivity contribution in [1.82, 2.24) is 5.32 Å². The molecule has 0 aliphatic carbocycles. The standard InChI is InChI=1S/C8H7Cl4NO2/c9-7(8(10,11)12)13-6(14)4-5-2-1-3-15-5/h1-3,7H,4H2,(H,13,14). The van der Waals surface area contributed by atoms with Gasteiger partial charge in [0.05, 0.1) is 12.7 Å². The minimum Gasteiger partial charge on any atom is -0.469 e. The number of carbonyl (C=O) groups is 1. The molecule has 1 rings (SSSR count). The zero-order valence-electron chi connectivity index (χ0n) is 7.34. The topological polar surface area (TPSA) is 42.2 Å². The fraction of sp³-hybridized carbons (Fsp3) is 0.375. The first-order valence-electron chi connectivity index (χ1n) is 3.92. The average Bonchev–Trinajstić information content (AvgIpc) is 2.54. The first-order chi connectivity index (χ1) is 6.89. The predicted molar refractivity (Wildman–Crippen MR) is 60.5 cm³/mol. The van der Waals surface area contributed by atoms with E-state index in [0.717, 1.165) is 0 Å². The molecule has 0 saturated carbocycles. The Morgan fingerprint density at radius 3 is 2.67 bits per heavy atom. The van der Waals surface area contributed by atoms with E-state index >= 15 is 0 Å². The molecule has 0 aliphatic heterocycles. The van der Waals surface area contributed by atoms with Crippen LogP contribution in [-0.4, -0.2) is 15.2 Å². The third-order valence-electron chi connectivity index (χ3n) is 1.49. The Morgan fingerprint density at radius 1 is 1.53 bits per heavy atom. The highest BCUT2D eigenvalue weighted by atomic mass is 35.6. The number of hydrogen-bond donors (Lipinski definition) is 1. The molecule has 0 spiro atoms. The zero-order valence-corrected chi connectivity index (χ0v) is 10.4. The maximum atomic E-state index is 11.3. The summed E-state index contributed by atoms with van der Waals surface area (Å²) in [5.74, 6) is 0.136. The van der Waals surface area contributed by atoms with Crippen LogP contribution in [0.15, 0.2) is 22.8 Å². The van der Waals surface area contributed by atoms with E-state index in [0.29, 0.717) is 5.76 Å². The van der Waals surface area contributed by atoms with Gasteiger partial charge in [0.15, 0.2) is 5.50 Å². The van der Waals surface area contributed by atoms with Crippen molar-refractivity contribution in [1.29, 1.82) is 0 Å². The van der Waals surface area contributed by atoms with Gasteiger partial charge in [-0.05, 0) is 12.1 Å². The van der Waals surface area contributed by atoms with Crippen molar-refractivity contribution < 1.29 is 9.21 Å². The third-order valence-corrected chi connectivity index (χ3v) is 2.92. The lowest BCUT2D eigenvalue weighted by molar-refractivity contribution is -0.120. The quantitative estimate of drug-likeness (QED) is 0.687. The molecule has 7 heteroatoms. The van der Waals surface area contributed by atoms with Gasteiger partial charge < -0.3 is 9.73 Å². The number of halogens is 4. The first-order valence-corrected chi connectivity index (χ1v) is 5.49. The van der Waals surface area contributed by atoms with Crippen LogP contribution in [0.5, 0.6) is 0 Å². The molecular formula is C8H7Cl4NO2. The van der Waals surface area contributed by atoms with E-state index in [1.165, 1.54) is 6.26 Å². The fourth-order valence-electron chi connectivity index (χ4n) is 0.846. The van der Waals surface area contributed by atoms with Gasteiger partial charge in [-0.2, -0.15) is 0 Å². The molecule has 1 heterocycles. The van der Waals surface area contributed by atoms with E-state index in [9.17, 15) is 4.79 Å². The van der Waals surface area contributed by atoms with Gasteiger partial charge in [0.1, 0.15) is 5.76 Å². The van der Waals surface area contributed by atoms with Crippen molar-refractivity contribution in [2.75, 3.05) is 0 Å². The fourth-order valence-corrected chi connectivity index (χ4v) is 1.13. The Bertz CT molecular complexity index is 320. The highest BCUT2D eigenvalue weighted by Gasteiger charge is 2.32. The predicted octanol–water partition coefficient (Wildman–Crippen LogP) is 2.87. The molecule has 0 aromatic carbocycles. The van der Waals surface area contributed by atoms with Crippen molar-refractivity contribution in [3.8, 4) is 0 Å². The summed E-state index contributed by atoms with van der Waals surface area (Å²) in [5.41, 5.74) is -1.08.